The highest BCUT2D eigenvalue weighted by atomic mass is 16.5. The molecule has 1 heterocycles. The van der Waals surface area contributed by atoms with Crippen LogP contribution in [0.4, 0.5) is 10.6 Å². The second-order valence-corrected chi connectivity index (χ2v) is 7.74. The summed E-state index contributed by atoms with van der Waals surface area (Å²) in [4.78, 5) is 35.5. The monoisotopic (exact) mass is 448 g/mol. The number of alkyl carbamates (subject to hydrolysis) is 1. The first-order valence-electron chi connectivity index (χ1n) is 10.6. The number of rotatable bonds is 8. The van der Waals surface area contributed by atoms with Gasteiger partial charge in [-0.1, -0.05) is 48.5 Å². The summed E-state index contributed by atoms with van der Waals surface area (Å²) >= 11 is 0. The molecule has 1 aromatic heterocycles. The number of carboxylic acids is 1. The van der Waals surface area contributed by atoms with Crippen molar-refractivity contribution in [3.05, 3.63) is 71.4 Å². The first kappa shape index (κ1) is 22.1. The Labute approximate surface area is 190 Å². The van der Waals surface area contributed by atoms with Crippen molar-refractivity contribution in [1.82, 2.24) is 15.1 Å². The van der Waals surface area contributed by atoms with E-state index in [0.717, 1.165) is 22.3 Å². The van der Waals surface area contributed by atoms with Crippen LogP contribution in [0.2, 0.25) is 0 Å². The number of anilines is 1. The smallest absolute Gasteiger partial charge is 0.407 e. The van der Waals surface area contributed by atoms with E-state index in [-0.39, 0.29) is 42.8 Å². The number of aryl methyl sites for hydroxylation is 1. The Hall–Kier alpha value is -4.14. The van der Waals surface area contributed by atoms with E-state index in [1.165, 1.54) is 10.9 Å². The van der Waals surface area contributed by atoms with Gasteiger partial charge < -0.3 is 20.5 Å². The van der Waals surface area contributed by atoms with Crippen LogP contribution in [0, 0.1) is 0 Å². The third-order valence-corrected chi connectivity index (χ3v) is 5.62. The molecule has 1 aliphatic carbocycles. The summed E-state index contributed by atoms with van der Waals surface area (Å²) < 4.78 is 6.75. The van der Waals surface area contributed by atoms with Crippen LogP contribution < -0.4 is 10.6 Å². The number of aromatic carboxylic acids is 1. The standard InChI is InChI=1S/C24H24N4O5/c1-28-22(19(13-26-28)23(30)31)27-21(29)11-6-12-25-24(32)33-14-20-17-9-4-2-7-15(17)16-8-3-5-10-18(16)20/h2-5,7-10,13,20H,6,11-12,14H2,1H3,(H,25,32)(H,27,29)(H,30,31). The van der Waals surface area contributed by atoms with E-state index in [1.807, 2.05) is 24.3 Å². The number of ether oxygens (including phenoxy) is 1. The van der Waals surface area contributed by atoms with Crippen molar-refractivity contribution in [2.75, 3.05) is 18.5 Å². The van der Waals surface area contributed by atoms with Gasteiger partial charge in [0.25, 0.3) is 0 Å². The molecule has 170 valence electrons. The summed E-state index contributed by atoms with van der Waals surface area (Å²) in [5, 5.41) is 18.2. The number of nitrogens with zero attached hydrogens (tertiary/aromatic N) is 2. The van der Waals surface area contributed by atoms with E-state index in [2.05, 4.69) is 40.0 Å². The number of benzene rings is 2. The van der Waals surface area contributed by atoms with Gasteiger partial charge in [0, 0.05) is 25.9 Å². The molecule has 1 aliphatic rings. The number of hydrogen-bond acceptors (Lipinski definition) is 5. The van der Waals surface area contributed by atoms with Crippen LogP contribution in [0.3, 0.4) is 0 Å². The average molecular weight is 448 g/mol. The van der Waals surface area contributed by atoms with E-state index in [9.17, 15) is 14.4 Å². The van der Waals surface area contributed by atoms with Gasteiger partial charge in [-0.25, -0.2) is 9.59 Å². The highest BCUT2D eigenvalue weighted by Gasteiger charge is 2.29. The highest BCUT2D eigenvalue weighted by Crippen LogP contribution is 2.44. The second kappa shape index (κ2) is 9.56. The largest absolute Gasteiger partial charge is 0.477 e. The lowest BCUT2D eigenvalue weighted by molar-refractivity contribution is -0.116. The van der Waals surface area contributed by atoms with Crippen molar-refractivity contribution >= 4 is 23.8 Å². The topological polar surface area (TPSA) is 123 Å². The van der Waals surface area contributed by atoms with Crippen molar-refractivity contribution in [3.8, 4) is 11.1 Å². The summed E-state index contributed by atoms with van der Waals surface area (Å²) in [6, 6.07) is 16.2. The lowest BCUT2D eigenvalue weighted by atomic mass is 9.98. The van der Waals surface area contributed by atoms with Crippen LogP contribution in [-0.2, 0) is 16.6 Å². The first-order chi connectivity index (χ1) is 16.0. The van der Waals surface area contributed by atoms with Crippen molar-refractivity contribution in [2.24, 2.45) is 7.05 Å². The van der Waals surface area contributed by atoms with Crippen molar-refractivity contribution in [2.45, 2.75) is 18.8 Å². The summed E-state index contributed by atoms with van der Waals surface area (Å²) in [5.41, 5.74) is 4.51. The molecule has 0 spiro atoms. The molecule has 0 saturated carbocycles. The molecule has 33 heavy (non-hydrogen) atoms. The Kier molecular flexibility index (Phi) is 6.39. The number of amides is 2. The fourth-order valence-electron chi connectivity index (χ4n) is 4.03. The Morgan fingerprint density at radius 1 is 1.06 bits per heavy atom. The average Bonchev–Trinajstić information content (AvgIpc) is 3.33. The van der Waals surface area contributed by atoms with Crippen LogP contribution >= 0.6 is 0 Å². The molecule has 2 aromatic carbocycles. The molecule has 0 saturated heterocycles. The molecule has 0 unspecified atom stereocenters. The summed E-state index contributed by atoms with van der Waals surface area (Å²) in [6.45, 7) is 0.472. The Morgan fingerprint density at radius 3 is 2.33 bits per heavy atom. The fourth-order valence-corrected chi connectivity index (χ4v) is 4.03. The van der Waals surface area contributed by atoms with Crippen molar-refractivity contribution < 1.29 is 24.2 Å². The molecule has 4 rings (SSSR count). The number of aromatic nitrogens is 2. The first-order valence-corrected chi connectivity index (χ1v) is 10.6. The number of fused-ring (bicyclic) bond motifs is 3. The molecular weight excluding hydrogens is 424 g/mol. The maximum atomic E-state index is 12.2. The van der Waals surface area contributed by atoms with Gasteiger partial charge in [0.05, 0.1) is 6.20 Å². The summed E-state index contributed by atoms with van der Waals surface area (Å²) in [6.07, 6.45) is 1.11. The number of nitrogens with one attached hydrogen (secondary N) is 2. The molecule has 9 heteroatoms. The molecule has 3 aromatic rings. The predicted octanol–water partition coefficient (Wildman–Crippen LogP) is 3.38. The Morgan fingerprint density at radius 2 is 1.70 bits per heavy atom. The van der Waals surface area contributed by atoms with Crippen LogP contribution in [-0.4, -0.2) is 46.0 Å². The van der Waals surface area contributed by atoms with Gasteiger partial charge in [-0.3, -0.25) is 9.48 Å². The summed E-state index contributed by atoms with van der Waals surface area (Å²) in [5.74, 6) is -1.43. The van der Waals surface area contributed by atoms with E-state index >= 15 is 0 Å². The van der Waals surface area contributed by atoms with Crippen LogP contribution in [0.25, 0.3) is 11.1 Å². The minimum atomic E-state index is -1.17. The van der Waals surface area contributed by atoms with Crippen molar-refractivity contribution in [1.29, 1.82) is 0 Å². The lowest BCUT2D eigenvalue weighted by Crippen LogP contribution is -2.27. The number of carbonyl (C=O) groups excluding carboxylic acids is 2. The van der Waals surface area contributed by atoms with E-state index in [1.54, 1.807) is 7.05 Å². The molecule has 0 fully saturated rings. The Bertz CT molecular complexity index is 1160. The summed E-state index contributed by atoms with van der Waals surface area (Å²) in [7, 11) is 1.54. The molecule has 2 amide bonds. The van der Waals surface area contributed by atoms with E-state index in [0.29, 0.717) is 6.42 Å². The van der Waals surface area contributed by atoms with Gasteiger partial charge in [0.1, 0.15) is 18.0 Å². The van der Waals surface area contributed by atoms with Crippen LogP contribution in [0.15, 0.2) is 54.7 Å². The SMILES string of the molecule is Cn1ncc(C(=O)O)c1NC(=O)CCCNC(=O)OCC1c2ccccc2-c2ccccc21. The molecular formula is C24H24N4O5. The van der Waals surface area contributed by atoms with Crippen LogP contribution in [0.1, 0.15) is 40.2 Å². The van der Waals surface area contributed by atoms with Gasteiger partial charge in [0.15, 0.2) is 0 Å². The maximum Gasteiger partial charge on any atom is 0.407 e. The Balaban J connectivity index is 1.23. The van der Waals surface area contributed by atoms with Gasteiger partial charge >= 0.3 is 12.1 Å². The zero-order valence-corrected chi connectivity index (χ0v) is 18.1. The lowest BCUT2D eigenvalue weighted by Gasteiger charge is -2.14. The van der Waals surface area contributed by atoms with Crippen LogP contribution in [0.5, 0.6) is 0 Å². The molecule has 9 nitrogen and oxygen atoms in total. The number of carboxylic acid groups (broad SMARTS) is 1. The van der Waals surface area contributed by atoms with Gasteiger partial charge in [-0.2, -0.15) is 5.10 Å². The van der Waals surface area contributed by atoms with Crippen molar-refractivity contribution in [3.63, 3.8) is 0 Å². The molecule has 0 atom stereocenters. The number of hydrogen-bond donors (Lipinski definition) is 3. The predicted molar refractivity (Wildman–Crippen MR) is 121 cm³/mol. The second-order valence-electron chi connectivity index (χ2n) is 7.74. The molecule has 0 radical (unpaired) electrons. The number of carbonyl (C=O) groups is 3. The maximum absolute atomic E-state index is 12.2. The molecule has 0 bridgehead atoms. The van der Waals surface area contributed by atoms with Gasteiger partial charge in [-0.15, -0.1) is 0 Å². The molecule has 0 aliphatic heterocycles. The third-order valence-electron chi connectivity index (χ3n) is 5.62. The van der Waals surface area contributed by atoms with Gasteiger partial charge in [0.2, 0.25) is 5.91 Å². The zero-order valence-electron chi connectivity index (χ0n) is 18.1. The fraction of sp³-hybridized carbons (Fsp3) is 0.250. The highest BCUT2D eigenvalue weighted by molar-refractivity contribution is 5.99. The quantitative estimate of drug-likeness (QED) is 0.454. The minimum absolute atomic E-state index is 0.0174. The van der Waals surface area contributed by atoms with Gasteiger partial charge in [-0.05, 0) is 28.7 Å². The minimum Gasteiger partial charge on any atom is -0.477 e. The third kappa shape index (κ3) is 4.72. The van der Waals surface area contributed by atoms with E-state index < -0.39 is 12.1 Å². The zero-order chi connectivity index (χ0) is 23.4. The molecule has 3 N–H and O–H groups in total. The van der Waals surface area contributed by atoms with E-state index in [4.69, 9.17) is 9.84 Å². The normalized spacial score (nSPS) is 12.0.